The normalized spacial score (nSPS) is 10.8. The lowest BCUT2D eigenvalue weighted by Gasteiger charge is -2.06. The number of rotatable bonds is 4. The van der Waals surface area contributed by atoms with Gasteiger partial charge in [-0.15, -0.1) is 0 Å². The largest absolute Gasteiger partial charge is 0.273 e. The molecule has 0 atom stereocenters. The Labute approximate surface area is 125 Å². The van der Waals surface area contributed by atoms with E-state index in [2.05, 4.69) is 29.6 Å². The quantitative estimate of drug-likeness (QED) is 0.677. The highest BCUT2D eigenvalue weighted by Gasteiger charge is 2.03. The first-order valence-corrected chi connectivity index (χ1v) is 7.00. The van der Waals surface area contributed by atoms with Gasteiger partial charge in [0.15, 0.2) is 0 Å². The maximum atomic E-state index is 11.8. The highest BCUT2D eigenvalue weighted by atomic mass is 16.2. The minimum atomic E-state index is -0.111. The zero-order valence-corrected chi connectivity index (χ0v) is 12.7. The molecule has 0 aliphatic heterocycles. The van der Waals surface area contributed by atoms with E-state index in [9.17, 15) is 4.79 Å². The highest BCUT2D eigenvalue weighted by molar-refractivity contribution is 5.86. The number of benzene rings is 2. The van der Waals surface area contributed by atoms with Gasteiger partial charge in [-0.25, -0.2) is 5.43 Å². The van der Waals surface area contributed by atoms with E-state index < -0.39 is 0 Å². The van der Waals surface area contributed by atoms with Crippen molar-refractivity contribution in [3.8, 4) is 0 Å². The van der Waals surface area contributed by atoms with Crippen molar-refractivity contribution in [3.63, 3.8) is 0 Å². The number of hydrazone groups is 1. The van der Waals surface area contributed by atoms with Crippen molar-refractivity contribution in [2.75, 3.05) is 0 Å². The van der Waals surface area contributed by atoms with Crippen LogP contribution in [-0.2, 0) is 11.2 Å². The molecule has 2 aromatic carbocycles. The molecule has 0 bridgehead atoms. The third-order valence-corrected chi connectivity index (χ3v) is 3.33. The first kappa shape index (κ1) is 15.0. The van der Waals surface area contributed by atoms with Crippen LogP contribution in [0.3, 0.4) is 0 Å². The summed E-state index contributed by atoms with van der Waals surface area (Å²) >= 11 is 0. The zero-order valence-electron chi connectivity index (χ0n) is 12.7. The Balaban J connectivity index is 1.98. The molecule has 0 aliphatic rings. The van der Waals surface area contributed by atoms with Crippen molar-refractivity contribution >= 4 is 12.1 Å². The average molecular weight is 280 g/mol. The van der Waals surface area contributed by atoms with E-state index in [0.29, 0.717) is 6.42 Å². The predicted molar refractivity (Wildman–Crippen MR) is 86.5 cm³/mol. The molecule has 21 heavy (non-hydrogen) atoms. The van der Waals surface area contributed by atoms with E-state index in [4.69, 9.17) is 0 Å². The second-order valence-electron chi connectivity index (χ2n) is 5.27. The summed E-state index contributed by atoms with van der Waals surface area (Å²) in [6.45, 7) is 6.17. The number of carbonyl (C=O) groups is 1. The molecular formula is C18H20N2O. The van der Waals surface area contributed by atoms with Gasteiger partial charge in [-0.2, -0.15) is 5.10 Å². The second-order valence-corrected chi connectivity index (χ2v) is 5.27. The summed E-state index contributed by atoms with van der Waals surface area (Å²) in [5.74, 6) is -0.111. The fourth-order valence-electron chi connectivity index (χ4n) is 2.38. The Morgan fingerprint density at radius 1 is 1.10 bits per heavy atom. The number of hydrogen-bond acceptors (Lipinski definition) is 2. The SMILES string of the molecule is Cc1cc(C)c(/C=N\NC(=O)Cc2ccccc2)c(C)c1. The van der Waals surface area contributed by atoms with Crippen molar-refractivity contribution in [2.24, 2.45) is 5.10 Å². The van der Waals surface area contributed by atoms with E-state index >= 15 is 0 Å². The molecule has 0 aromatic heterocycles. The summed E-state index contributed by atoms with van der Waals surface area (Å²) in [6, 6.07) is 13.9. The van der Waals surface area contributed by atoms with Crippen LogP contribution >= 0.6 is 0 Å². The third-order valence-electron chi connectivity index (χ3n) is 3.33. The van der Waals surface area contributed by atoms with Crippen LogP contribution < -0.4 is 5.43 Å². The zero-order chi connectivity index (χ0) is 15.2. The van der Waals surface area contributed by atoms with Crippen LogP contribution in [-0.4, -0.2) is 12.1 Å². The highest BCUT2D eigenvalue weighted by Crippen LogP contribution is 2.14. The fraction of sp³-hybridized carbons (Fsp3) is 0.222. The number of amides is 1. The fourth-order valence-corrected chi connectivity index (χ4v) is 2.38. The van der Waals surface area contributed by atoms with Crippen molar-refractivity contribution < 1.29 is 4.79 Å². The van der Waals surface area contributed by atoms with Gasteiger partial charge in [-0.1, -0.05) is 48.0 Å². The molecule has 0 saturated carbocycles. The van der Waals surface area contributed by atoms with Crippen LogP contribution in [0.15, 0.2) is 47.6 Å². The smallest absolute Gasteiger partial charge is 0.244 e. The van der Waals surface area contributed by atoms with Crippen LogP contribution in [0.2, 0.25) is 0 Å². The Bertz CT molecular complexity index is 637. The van der Waals surface area contributed by atoms with Gasteiger partial charge >= 0.3 is 0 Å². The van der Waals surface area contributed by atoms with Crippen LogP contribution in [0.5, 0.6) is 0 Å². The van der Waals surface area contributed by atoms with Gasteiger partial charge in [0.1, 0.15) is 0 Å². The standard InChI is InChI=1S/C18H20N2O/c1-13-9-14(2)17(15(3)10-13)12-19-20-18(21)11-16-7-5-4-6-8-16/h4-10,12H,11H2,1-3H3,(H,20,21)/b19-12-. The van der Waals surface area contributed by atoms with Gasteiger partial charge in [-0.05, 0) is 37.5 Å². The number of aryl methyl sites for hydroxylation is 3. The van der Waals surface area contributed by atoms with E-state index in [-0.39, 0.29) is 5.91 Å². The van der Waals surface area contributed by atoms with Gasteiger partial charge in [0.25, 0.3) is 0 Å². The molecule has 0 radical (unpaired) electrons. The van der Waals surface area contributed by atoms with Gasteiger partial charge in [0, 0.05) is 5.56 Å². The molecule has 3 heteroatoms. The van der Waals surface area contributed by atoms with Gasteiger partial charge < -0.3 is 0 Å². The molecule has 0 aliphatic carbocycles. The number of carbonyl (C=O) groups excluding carboxylic acids is 1. The number of nitrogens with zero attached hydrogens (tertiary/aromatic N) is 1. The summed E-state index contributed by atoms with van der Waals surface area (Å²) in [7, 11) is 0. The average Bonchev–Trinajstić information content (AvgIpc) is 2.42. The lowest BCUT2D eigenvalue weighted by Crippen LogP contribution is -2.19. The molecule has 2 rings (SSSR count). The Morgan fingerprint density at radius 3 is 2.33 bits per heavy atom. The topological polar surface area (TPSA) is 41.5 Å². The molecule has 1 N–H and O–H groups in total. The molecule has 2 aromatic rings. The first-order valence-electron chi connectivity index (χ1n) is 7.00. The second kappa shape index (κ2) is 6.84. The molecule has 1 amide bonds. The number of nitrogens with one attached hydrogen (secondary N) is 1. The molecular weight excluding hydrogens is 260 g/mol. The van der Waals surface area contributed by atoms with Crippen molar-refractivity contribution in [3.05, 3.63) is 70.3 Å². The van der Waals surface area contributed by atoms with Gasteiger partial charge in [-0.3, -0.25) is 4.79 Å². The summed E-state index contributed by atoms with van der Waals surface area (Å²) in [6.07, 6.45) is 2.05. The van der Waals surface area contributed by atoms with Gasteiger partial charge in [0.2, 0.25) is 5.91 Å². The van der Waals surface area contributed by atoms with E-state index in [1.165, 1.54) is 5.56 Å². The van der Waals surface area contributed by atoms with Crippen molar-refractivity contribution in [2.45, 2.75) is 27.2 Å². The van der Waals surface area contributed by atoms with E-state index in [1.807, 2.05) is 44.2 Å². The van der Waals surface area contributed by atoms with E-state index in [1.54, 1.807) is 6.21 Å². The molecule has 3 nitrogen and oxygen atoms in total. The van der Waals surface area contributed by atoms with Crippen LogP contribution in [0.25, 0.3) is 0 Å². The minimum Gasteiger partial charge on any atom is -0.273 e. The van der Waals surface area contributed by atoms with Crippen molar-refractivity contribution in [1.82, 2.24) is 5.43 Å². The van der Waals surface area contributed by atoms with Crippen LogP contribution in [0, 0.1) is 20.8 Å². The predicted octanol–water partition coefficient (Wildman–Crippen LogP) is 3.30. The third kappa shape index (κ3) is 4.28. The summed E-state index contributed by atoms with van der Waals surface area (Å²) < 4.78 is 0. The Kier molecular flexibility index (Phi) is 4.88. The summed E-state index contributed by atoms with van der Waals surface area (Å²) in [4.78, 5) is 11.8. The molecule has 108 valence electrons. The van der Waals surface area contributed by atoms with Gasteiger partial charge in [0.05, 0.1) is 12.6 Å². The molecule has 0 saturated heterocycles. The molecule has 0 unspecified atom stereocenters. The van der Waals surface area contributed by atoms with Crippen LogP contribution in [0.4, 0.5) is 0 Å². The van der Waals surface area contributed by atoms with Crippen molar-refractivity contribution in [1.29, 1.82) is 0 Å². The Morgan fingerprint density at radius 2 is 1.71 bits per heavy atom. The van der Waals surface area contributed by atoms with E-state index in [0.717, 1.165) is 22.3 Å². The summed E-state index contributed by atoms with van der Waals surface area (Å²) in [5.41, 5.74) is 8.17. The monoisotopic (exact) mass is 280 g/mol. The summed E-state index contributed by atoms with van der Waals surface area (Å²) in [5, 5.41) is 4.06. The molecule has 0 fully saturated rings. The van der Waals surface area contributed by atoms with Crippen LogP contribution in [0.1, 0.15) is 27.8 Å². The maximum Gasteiger partial charge on any atom is 0.244 e. The molecule has 0 spiro atoms. The number of hydrogen-bond donors (Lipinski definition) is 1. The lowest BCUT2D eigenvalue weighted by atomic mass is 10.0. The minimum absolute atomic E-state index is 0.111. The molecule has 0 heterocycles. The first-order chi connectivity index (χ1) is 10.1. The lowest BCUT2D eigenvalue weighted by molar-refractivity contribution is -0.120. The maximum absolute atomic E-state index is 11.8. The Hall–Kier alpha value is -2.42.